The molecule has 2 heterocycles. The second-order valence-corrected chi connectivity index (χ2v) is 7.51. The third-order valence-electron chi connectivity index (χ3n) is 5.50. The van der Waals surface area contributed by atoms with E-state index in [-0.39, 0.29) is 17.7 Å². The molecule has 1 aliphatic carbocycles. The monoisotopic (exact) mass is 356 g/mol. The third kappa shape index (κ3) is 3.79. The van der Waals surface area contributed by atoms with Crippen molar-refractivity contribution in [2.75, 3.05) is 19.8 Å². The molecule has 1 amide bonds. The summed E-state index contributed by atoms with van der Waals surface area (Å²) in [6.07, 6.45) is 4.49. The minimum absolute atomic E-state index is 0.0712. The predicted molar refractivity (Wildman–Crippen MR) is 96.5 cm³/mol. The quantitative estimate of drug-likeness (QED) is 0.829. The molecular formula is C20H25FN4O. The van der Waals surface area contributed by atoms with Gasteiger partial charge in [-0.3, -0.25) is 14.3 Å². The number of carbonyl (C=O) groups excluding carboxylic acids is 1. The lowest BCUT2D eigenvalue weighted by molar-refractivity contribution is -0.130. The summed E-state index contributed by atoms with van der Waals surface area (Å²) in [7, 11) is 0. The van der Waals surface area contributed by atoms with Gasteiger partial charge in [-0.1, -0.05) is 30.3 Å². The van der Waals surface area contributed by atoms with Crippen molar-refractivity contribution >= 4 is 5.91 Å². The highest BCUT2D eigenvalue weighted by atomic mass is 19.1. The van der Waals surface area contributed by atoms with Crippen LogP contribution in [0.2, 0.25) is 0 Å². The average molecular weight is 356 g/mol. The van der Waals surface area contributed by atoms with Crippen LogP contribution in [0.5, 0.6) is 0 Å². The zero-order chi connectivity index (χ0) is 17.9. The SMILES string of the molecule is O=C(CCCc1ccccc1)N1CC(CF)C(c2nc(C3CC3)n[nH]2)C1. The Morgan fingerprint density at radius 1 is 1.23 bits per heavy atom. The first-order valence-corrected chi connectivity index (χ1v) is 9.54. The van der Waals surface area contributed by atoms with Gasteiger partial charge < -0.3 is 4.90 Å². The lowest BCUT2D eigenvalue weighted by Gasteiger charge is -2.16. The topological polar surface area (TPSA) is 61.9 Å². The van der Waals surface area contributed by atoms with Gasteiger partial charge in [-0.05, 0) is 31.2 Å². The van der Waals surface area contributed by atoms with E-state index < -0.39 is 6.67 Å². The molecule has 1 N–H and O–H groups in total. The summed E-state index contributed by atoms with van der Waals surface area (Å²) in [4.78, 5) is 18.9. The van der Waals surface area contributed by atoms with Gasteiger partial charge in [-0.2, -0.15) is 5.10 Å². The minimum atomic E-state index is -0.433. The maximum Gasteiger partial charge on any atom is 0.222 e. The Morgan fingerprint density at radius 3 is 2.77 bits per heavy atom. The maximum absolute atomic E-state index is 13.5. The number of carbonyl (C=O) groups is 1. The van der Waals surface area contributed by atoms with Crippen LogP contribution < -0.4 is 0 Å². The molecule has 1 aromatic heterocycles. The number of hydrogen-bond donors (Lipinski definition) is 1. The molecular weight excluding hydrogens is 331 g/mol. The number of aromatic nitrogens is 3. The van der Waals surface area contributed by atoms with E-state index >= 15 is 0 Å². The van der Waals surface area contributed by atoms with Crippen LogP contribution in [0.1, 0.15) is 54.7 Å². The molecule has 2 aliphatic rings. The molecule has 1 aromatic carbocycles. The summed E-state index contributed by atoms with van der Waals surface area (Å²) >= 11 is 0. The maximum atomic E-state index is 13.5. The van der Waals surface area contributed by atoms with E-state index in [9.17, 15) is 9.18 Å². The zero-order valence-electron chi connectivity index (χ0n) is 14.9. The fourth-order valence-corrected chi connectivity index (χ4v) is 3.77. The van der Waals surface area contributed by atoms with Gasteiger partial charge in [0.2, 0.25) is 5.91 Å². The number of halogens is 1. The zero-order valence-corrected chi connectivity index (χ0v) is 14.9. The van der Waals surface area contributed by atoms with Crippen molar-refractivity contribution in [1.82, 2.24) is 20.1 Å². The highest BCUT2D eigenvalue weighted by Gasteiger charge is 2.38. The first-order chi connectivity index (χ1) is 12.7. The molecule has 0 radical (unpaired) electrons. The Labute approximate surface area is 153 Å². The first-order valence-electron chi connectivity index (χ1n) is 9.54. The van der Waals surface area contributed by atoms with Gasteiger partial charge in [0.1, 0.15) is 5.82 Å². The van der Waals surface area contributed by atoms with Gasteiger partial charge in [0.15, 0.2) is 5.82 Å². The van der Waals surface area contributed by atoms with Crippen LogP contribution >= 0.6 is 0 Å². The van der Waals surface area contributed by atoms with Crippen molar-refractivity contribution in [2.45, 2.75) is 43.9 Å². The smallest absolute Gasteiger partial charge is 0.222 e. The molecule has 138 valence electrons. The number of hydrogen-bond acceptors (Lipinski definition) is 3. The molecule has 26 heavy (non-hydrogen) atoms. The van der Waals surface area contributed by atoms with Crippen LogP contribution in [-0.4, -0.2) is 45.8 Å². The van der Waals surface area contributed by atoms with Crippen LogP contribution in [0.25, 0.3) is 0 Å². The second kappa shape index (κ2) is 7.56. The van der Waals surface area contributed by atoms with Gasteiger partial charge >= 0.3 is 0 Å². The summed E-state index contributed by atoms with van der Waals surface area (Å²) in [5.41, 5.74) is 1.25. The molecule has 1 saturated carbocycles. The van der Waals surface area contributed by atoms with Crippen LogP contribution in [0.3, 0.4) is 0 Å². The van der Waals surface area contributed by atoms with Crippen molar-refractivity contribution in [2.24, 2.45) is 5.92 Å². The Hall–Kier alpha value is -2.24. The molecule has 2 fully saturated rings. The Kier molecular flexibility index (Phi) is 5.00. The van der Waals surface area contributed by atoms with Crippen molar-refractivity contribution in [3.8, 4) is 0 Å². The van der Waals surface area contributed by atoms with Crippen LogP contribution in [0.4, 0.5) is 4.39 Å². The number of H-pyrrole nitrogens is 1. The lowest BCUT2D eigenvalue weighted by Crippen LogP contribution is -2.29. The lowest BCUT2D eigenvalue weighted by atomic mass is 9.97. The number of benzene rings is 1. The van der Waals surface area contributed by atoms with Crippen molar-refractivity contribution in [3.63, 3.8) is 0 Å². The number of nitrogens with zero attached hydrogens (tertiary/aromatic N) is 3. The molecule has 1 aliphatic heterocycles. The van der Waals surface area contributed by atoms with E-state index in [1.54, 1.807) is 4.90 Å². The second-order valence-electron chi connectivity index (χ2n) is 7.51. The molecule has 6 heteroatoms. The highest BCUT2D eigenvalue weighted by molar-refractivity contribution is 5.76. The number of aromatic amines is 1. The van der Waals surface area contributed by atoms with Gasteiger partial charge in [0.05, 0.1) is 6.67 Å². The molecule has 4 rings (SSSR count). The van der Waals surface area contributed by atoms with Crippen LogP contribution in [0.15, 0.2) is 30.3 Å². The number of likely N-dealkylation sites (tertiary alicyclic amines) is 1. The van der Waals surface area contributed by atoms with Crippen molar-refractivity contribution in [1.29, 1.82) is 0 Å². The highest BCUT2D eigenvalue weighted by Crippen LogP contribution is 2.39. The minimum Gasteiger partial charge on any atom is -0.342 e. The number of rotatable bonds is 7. The number of alkyl halides is 1. The Balaban J connectivity index is 1.32. The molecule has 1 saturated heterocycles. The standard InChI is InChI=1S/C20H25FN4O/c21-11-16-12-25(18(26)8-4-7-14-5-2-1-3-6-14)13-17(16)20-22-19(23-24-20)15-9-10-15/h1-3,5-6,15-17H,4,7-13H2,(H,22,23,24). The van der Waals surface area contributed by atoms with E-state index in [1.165, 1.54) is 5.56 Å². The van der Waals surface area contributed by atoms with Gasteiger partial charge in [0.25, 0.3) is 0 Å². The van der Waals surface area contributed by atoms with Gasteiger partial charge in [0, 0.05) is 37.3 Å². The van der Waals surface area contributed by atoms with Gasteiger partial charge in [-0.15, -0.1) is 0 Å². The number of nitrogens with one attached hydrogen (secondary N) is 1. The summed E-state index contributed by atoms with van der Waals surface area (Å²) in [5, 5.41) is 7.27. The van der Waals surface area contributed by atoms with E-state index in [4.69, 9.17) is 0 Å². The van der Waals surface area contributed by atoms with Gasteiger partial charge in [-0.25, -0.2) is 4.98 Å². The van der Waals surface area contributed by atoms with Crippen LogP contribution in [0, 0.1) is 5.92 Å². The number of aryl methyl sites for hydroxylation is 1. The average Bonchev–Trinajstić information content (AvgIpc) is 3.24. The molecule has 2 unspecified atom stereocenters. The largest absolute Gasteiger partial charge is 0.342 e. The molecule has 0 spiro atoms. The predicted octanol–water partition coefficient (Wildman–Crippen LogP) is 3.22. The summed E-state index contributed by atoms with van der Waals surface area (Å²) in [6, 6.07) is 10.2. The van der Waals surface area contributed by atoms with Crippen LogP contribution in [-0.2, 0) is 11.2 Å². The van der Waals surface area contributed by atoms with E-state index in [0.717, 1.165) is 37.3 Å². The molecule has 2 aromatic rings. The third-order valence-corrected chi connectivity index (χ3v) is 5.50. The molecule has 2 atom stereocenters. The molecule has 5 nitrogen and oxygen atoms in total. The van der Waals surface area contributed by atoms with E-state index in [1.807, 2.05) is 18.2 Å². The number of amides is 1. The normalized spacial score (nSPS) is 22.7. The summed E-state index contributed by atoms with van der Waals surface area (Å²) in [5.74, 6) is 1.93. The van der Waals surface area contributed by atoms with E-state index in [0.29, 0.717) is 25.4 Å². The Bertz CT molecular complexity index is 743. The Morgan fingerprint density at radius 2 is 2.04 bits per heavy atom. The summed E-state index contributed by atoms with van der Waals surface area (Å²) < 4.78 is 13.5. The molecule has 0 bridgehead atoms. The van der Waals surface area contributed by atoms with Crippen molar-refractivity contribution in [3.05, 3.63) is 47.5 Å². The fraction of sp³-hybridized carbons (Fsp3) is 0.550. The fourth-order valence-electron chi connectivity index (χ4n) is 3.77. The van der Waals surface area contributed by atoms with Crippen molar-refractivity contribution < 1.29 is 9.18 Å². The first kappa shape index (κ1) is 17.2. The van der Waals surface area contributed by atoms with E-state index in [2.05, 4.69) is 27.3 Å². The summed E-state index contributed by atoms with van der Waals surface area (Å²) in [6.45, 7) is 0.584.